The highest BCUT2D eigenvalue weighted by molar-refractivity contribution is 7.12. The first-order valence-corrected chi connectivity index (χ1v) is 6.48. The Labute approximate surface area is 114 Å². The Kier molecular flexibility index (Phi) is 3.84. The summed E-state index contributed by atoms with van der Waals surface area (Å²) in [5, 5.41) is 13.0. The minimum Gasteiger partial charge on any atom is -0.409 e. The second kappa shape index (κ2) is 5.37. The summed E-state index contributed by atoms with van der Waals surface area (Å²) in [4.78, 5) is 5.60. The molecule has 0 atom stereocenters. The lowest BCUT2D eigenvalue weighted by Crippen LogP contribution is -2.14. The van der Waals surface area contributed by atoms with Crippen LogP contribution in [0.5, 0.6) is 0 Å². The number of aryl methyl sites for hydroxylation is 1. The predicted molar refractivity (Wildman–Crippen MR) is 74.4 cm³/mol. The van der Waals surface area contributed by atoms with Crippen LogP contribution in [0.2, 0.25) is 5.02 Å². The van der Waals surface area contributed by atoms with Gasteiger partial charge in [0.15, 0.2) is 0 Å². The van der Waals surface area contributed by atoms with Crippen LogP contribution in [0.1, 0.15) is 9.88 Å². The van der Waals surface area contributed by atoms with Gasteiger partial charge in [-0.3, -0.25) is 0 Å². The van der Waals surface area contributed by atoms with Gasteiger partial charge in [-0.2, -0.15) is 0 Å². The molecule has 0 radical (unpaired) electrons. The summed E-state index contributed by atoms with van der Waals surface area (Å²) in [6, 6.07) is 7.52. The van der Waals surface area contributed by atoms with Crippen LogP contribution in [0.3, 0.4) is 0 Å². The van der Waals surface area contributed by atoms with Gasteiger partial charge in [-0.1, -0.05) is 28.9 Å². The first-order valence-electron chi connectivity index (χ1n) is 5.29. The Morgan fingerprint density at radius 2 is 2.11 bits per heavy atom. The molecule has 0 spiro atoms. The molecule has 0 fully saturated rings. The fourth-order valence-corrected chi connectivity index (χ4v) is 2.69. The maximum Gasteiger partial charge on any atom is 0.146 e. The van der Waals surface area contributed by atoms with Crippen LogP contribution in [-0.2, 0) is 6.42 Å². The van der Waals surface area contributed by atoms with E-state index in [-0.39, 0.29) is 5.84 Å². The van der Waals surface area contributed by atoms with Crippen molar-refractivity contribution in [3.63, 3.8) is 0 Å². The molecule has 0 saturated carbocycles. The molecule has 1 aromatic heterocycles. The monoisotopic (exact) mass is 281 g/mol. The van der Waals surface area contributed by atoms with Crippen molar-refractivity contribution in [2.75, 3.05) is 0 Å². The molecule has 0 unspecified atom stereocenters. The van der Waals surface area contributed by atoms with Crippen LogP contribution in [0, 0.1) is 6.92 Å². The zero-order valence-electron chi connectivity index (χ0n) is 9.72. The zero-order valence-corrected chi connectivity index (χ0v) is 11.3. The summed E-state index contributed by atoms with van der Waals surface area (Å²) in [6.07, 6.45) is 0.357. The van der Waals surface area contributed by atoms with Gasteiger partial charge in [0.2, 0.25) is 0 Å². The van der Waals surface area contributed by atoms with Crippen molar-refractivity contribution in [1.29, 1.82) is 0 Å². The van der Waals surface area contributed by atoms with E-state index >= 15 is 0 Å². The second-order valence-corrected chi connectivity index (χ2v) is 5.51. The highest BCUT2D eigenvalue weighted by Crippen LogP contribution is 2.28. The zero-order chi connectivity index (χ0) is 13.1. The van der Waals surface area contributed by atoms with Crippen LogP contribution in [0.4, 0.5) is 0 Å². The van der Waals surface area contributed by atoms with E-state index < -0.39 is 0 Å². The number of oxime groups is 1. The molecule has 0 aliphatic rings. The standard InChI is InChI=1S/C12H12ClN3OS/c1-7-12(8-2-4-9(13)5-3-8)15-11(18-7)6-10(14)16-17/h2-5,17H,6H2,1H3,(H2,14,16). The van der Waals surface area contributed by atoms with E-state index in [1.807, 2.05) is 31.2 Å². The van der Waals surface area contributed by atoms with Crippen molar-refractivity contribution in [2.24, 2.45) is 10.9 Å². The van der Waals surface area contributed by atoms with Crippen molar-refractivity contribution in [3.05, 3.63) is 39.2 Å². The summed E-state index contributed by atoms with van der Waals surface area (Å²) in [6.45, 7) is 2.00. The molecule has 0 bridgehead atoms. The minimum atomic E-state index is 0.159. The summed E-state index contributed by atoms with van der Waals surface area (Å²) in [7, 11) is 0. The Bertz CT molecular complexity index is 578. The van der Waals surface area contributed by atoms with E-state index in [9.17, 15) is 0 Å². The van der Waals surface area contributed by atoms with Crippen molar-refractivity contribution in [3.8, 4) is 11.3 Å². The smallest absolute Gasteiger partial charge is 0.146 e. The van der Waals surface area contributed by atoms with Crippen LogP contribution in [0.25, 0.3) is 11.3 Å². The molecule has 2 aromatic rings. The average Bonchev–Trinajstić information content (AvgIpc) is 2.71. The maximum absolute atomic E-state index is 8.54. The molecular weight excluding hydrogens is 270 g/mol. The summed E-state index contributed by atoms with van der Waals surface area (Å²) in [5.74, 6) is 0.159. The highest BCUT2D eigenvalue weighted by Gasteiger charge is 2.10. The average molecular weight is 282 g/mol. The number of amidine groups is 1. The molecule has 0 aliphatic heterocycles. The van der Waals surface area contributed by atoms with Gasteiger partial charge < -0.3 is 10.9 Å². The van der Waals surface area contributed by atoms with Crippen molar-refractivity contribution >= 4 is 28.8 Å². The number of aromatic nitrogens is 1. The Morgan fingerprint density at radius 3 is 2.72 bits per heavy atom. The number of thiazole rings is 1. The van der Waals surface area contributed by atoms with Gasteiger partial charge in [-0.25, -0.2) is 4.98 Å². The summed E-state index contributed by atoms with van der Waals surface area (Å²) < 4.78 is 0. The van der Waals surface area contributed by atoms with Crippen molar-refractivity contribution in [2.45, 2.75) is 13.3 Å². The number of hydrogen-bond donors (Lipinski definition) is 2. The van der Waals surface area contributed by atoms with Crippen LogP contribution >= 0.6 is 22.9 Å². The first kappa shape index (κ1) is 12.9. The first-order chi connectivity index (χ1) is 8.60. The second-order valence-electron chi connectivity index (χ2n) is 3.79. The van der Waals surface area contributed by atoms with Gasteiger partial charge in [0, 0.05) is 15.5 Å². The topological polar surface area (TPSA) is 71.5 Å². The molecule has 1 aromatic carbocycles. The minimum absolute atomic E-state index is 0.159. The summed E-state index contributed by atoms with van der Waals surface area (Å²) in [5.41, 5.74) is 7.40. The number of benzene rings is 1. The van der Waals surface area contributed by atoms with Crippen molar-refractivity contribution < 1.29 is 5.21 Å². The maximum atomic E-state index is 8.54. The van der Waals surface area contributed by atoms with E-state index in [0.717, 1.165) is 21.1 Å². The molecule has 0 saturated heterocycles. The molecule has 3 N–H and O–H groups in total. The molecule has 6 heteroatoms. The van der Waals surface area contributed by atoms with Gasteiger partial charge in [0.25, 0.3) is 0 Å². The summed E-state index contributed by atoms with van der Waals surface area (Å²) >= 11 is 7.39. The lowest BCUT2D eigenvalue weighted by Gasteiger charge is -1.98. The molecule has 94 valence electrons. The third-order valence-electron chi connectivity index (χ3n) is 2.42. The molecule has 18 heavy (non-hydrogen) atoms. The number of nitrogens with zero attached hydrogens (tertiary/aromatic N) is 2. The Morgan fingerprint density at radius 1 is 1.44 bits per heavy atom. The van der Waals surface area contributed by atoms with E-state index in [4.69, 9.17) is 22.5 Å². The quantitative estimate of drug-likeness (QED) is 0.393. The van der Waals surface area contributed by atoms with E-state index in [1.165, 1.54) is 0 Å². The number of rotatable bonds is 3. The van der Waals surface area contributed by atoms with Crippen LogP contribution < -0.4 is 5.73 Å². The van der Waals surface area contributed by atoms with Gasteiger partial charge in [-0.05, 0) is 19.1 Å². The van der Waals surface area contributed by atoms with Gasteiger partial charge in [0.05, 0.1) is 12.1 Å². The lowest BCUT2D eigenvalue weighted by molar-refractivity contribution is 0.317. The van der Waals surface area contributed by atoms with Gasteiger partial charge in [0.1, 0.15) is 10.8 Å². The molecule has 2 rings (SSSR count). The molecule has 0 amide bonds. The fourth-order valence-electron chi connectivity index (χ4n) is 1.59. The van der Waals surface area contributed by atoms with Gasteiger partial charge in [-0.15, -0.1) is 11.3 Å². The largest absolute Gasteiger partial charge is 0.409 e. The van der Waals surface area contributed by atoms with Crippen LogP contribution in [-0.4, -0.2) is 16.0 Å². The predicted octanol–water partition coefficient (Wildman–Crippen LogP) is 3.06. The van der Waals surface area contributed by atoms with Gasteiger partial charge >= 0.3 is 0 Å². The molecule has 0 aliphatic carbocycles. The number of halogens is 1. The molecule has 1 heterocycles. The van der Waals surface area contributed by atoms with E-state index in [0.29, 0.717) is 11.4 Å². The SMILES string of the molecule is Cc1sc(C/C(N)=N\O)nc1-c1ccc(Cl)cc1. The normalized spacial score (nSPS) is 11.8. The van der Waals surface area contributed by atoms with Crippen molar-refractivity contribution in [1.82, 2.24) is 4.98 Å². The molecule has 4 nitrogen and oxygen atoms in total. The molecular formula is C12H12ClN3OS. The highest BCUT2D eigenvalue weighted by atomic mass is 35.5. The Balaban J connectivity index is 2.32. The fraction of sp³-hybridized carbons (Fsp3) is 0.167. The Hall–Kier alpha value is -1.59. The number of hydrogen-bond acceptors (Lipinski definition) is 4. The van der Waals surface area contributed by atoms with E-state index in [2.05, 4.69) is 10.1 Å². The third-order valence-corrected chi connectivity index (χ3v) is 3.64. The third kappa shape index (κ3) is 2.80. The lowest BCUT2D eigenvalue weighted by atomic mass is 10.1. The van der Waals surface area contributed by atoms with Crippen LogP contribution in [0.15, 0.2) is 29.4 Å². The number of nitrogens with two attached hydrogens (primary N) is 1. The van der Waals surface area contributed by atoms with E-state index in [1.54, 1.807) is 11.3 Å².